The minimum absolute atomic E-state index is 0.107. The van der Waals surface area contributed by atoms with Gasteiger partial charge in [0.2, 0.25) is 0 Å². The second-order valence-electron chi connectivity index (χ2n) is 3.63. The largest absolute Gasteiger partial charge is 0.506 e. The summed E-state index contributed by atoms with van der Waals surface area (Å²) in [4.78, 5) is 13.1. The molecule has 0 aromatic heterocycles. The highest BCUT2D eigenvalue weighted by Gasteiger charge is 2.12. The van der Waals surface area contributed by atoms with Crippen LogP contribution in [0.15, 0.2) is 24.3 Å². The van der Waals surface area contributed by atoms with Crippen molar-refractivity contribution in [2.75, 3.05) is 18.5 Å². The van der Waals surface area contributed by atoms with E-state index in [1.54, 1.807) is 31.3 Å². The first-order valence-corrected chi connectivity index (χ1v) is 5.46. The molecule has 0 fully saturated rings. The first-order valence-electron chi connectivity index (χ1n) is 5.46. The molecule has 1 rings (SSSR count). The SMILES string of the molecule is CCCCNC(=O)N(C)c1ccccc1O. The number of benzene rings is 1. The smallest absolute Gasteiger partial charge is 0.321 e. The third kappa shape index (κ3) is 3.15. The zero-order chi connectivity index (χ0) is 12.0. The standard InChI is InChI=1S/C12H18N2O2/c1-3-4-9-13-12(16)14(2)10-7-5-6-8-11(10)15/h5-8,15H,3-4,9H2,1-2H3,(H,13,16). The summed E-state index contributed by atoms with van der Waals surface area (Å²) >= 11 is 0. The summed E-state index contributed by atoms with van der Waals surface area (Å²) < 4.78 is 0. The quantitative estimate of drug-likeness (QED) is 0.768. The maximum absolute atomic E-state index is 11.7. The highest BCUT2D eigenvalue weighted by Crippen LogP contribution is 2.24. The maximum Gasteiger partial charge on any atom is 0.321 e. The number of nitrogens with zero attached hydrogens (tertiary/aromatic N) is 1. The molecule has 0 atom stereocenters. The molecule has 0 bridgehead atoms. The van der Waals surface area contributed by atoms with Crippen LogP contribution in [-0.2, 0) is 0 Å². The Morgan fingerprint density at radius 2 is 2.12 bits per heavy atom. The fourth-order valence-electron chi connectivity index (χ4n) is 1.35. The van der Waals surface area contributed by atoms with Gasteiger partial charge in [0, 0.05) is 13.6 Å². The molecule has 0 aliphatic heterocycles. The van der Waals surface area contributed by atoms with Crippen LogP contribution in [0.25, 0.3) is 0 Å². The van der Waals surface area contributed by atoms with E-state index in [0.717, 1.165) is 12.8 Å². The third-order valence-electron chi connectivity index (χ3n) is 2.35. The Bertz CT molecular complexity index is 353. The number of phenols is 1. The molecule has 0 saturated carbocycles. The predicted octanol–water partition coefficient (Wildman–Crippen LogP) is 2.34. The first-order chi connectivity index (χ1) is 7.66. The van der Waals surface area contributed by atoms with Crippen LogP contribution in [0.4, 0.5) is 10.5 Å². The van der Waals surface area contributed by atoms with E-state index in [1.165, 1.54) is 4.90 Å². The Balaban J connectivity index is 2.60. The van der Waals surface area contributed by atoms with Gasteiger partial charge < -0.3 is 10.4 Å². The number of carbonyl (C=O) groups excluding carboxylic acids is 1. The molecule has 4 heteroatoms. The van der Waals surface area contributed by atoms with Gasteiger partial charge in [-0.15, -0.1) is 0 Å². The van der Waals surface area contributed by atoms with Crippen molar-refractivity contribution in [3.63, 3.8) is 0 Å². The summed E-state index contributed by atoms with van der Waals surface area (Å²) in [6.45, 7) is 2.73. The van der Waals surface area contributed by atoms with Crippen molar-refractivity contribution < 1.29 is 9.90 Å². The van der Waals surface area contributed by atoms with Crippen LogP contribution in [0, 0.1) is 0 Å². The molecular formula is C12H18N2O2. The van der Waals surface area contributed by atoms with E-state index in [-0.39, 0.29) is 11.8 Å². The summed E-state index contributed by atoms with van der Waals surface area (Å²) in [7, 11) is 1.64. The number of hydrogen-bond acceptors (Lipinski definition) is 2. The van der Waals surface area contributed by atoms with Gasteiger partial charge in [-0.05, 0) is 18.6 Å². The van der Waals surface area contributed by atoms with Crippen molar-refractivity contribution in [1.29, 1.82) is 0 Å². The van der Waals surface area contributed by atoms with Gasteiger partial charge >= 0.3 is 6.03 Å². The number of amides is 2. The lowest BCUT2D eigenvalue weighted by Crippen LogP contribution is -2.37. The van der Waals surface area contributed by atoms with Crippen LogP contribution in [0.3, 0.4) is 0 Å². The van der Waals surface area contributed by atoms with Crippen molar-refractivity contribution in [3.05, 3.63) is 24.3 Å². The number of urea groups is 1. The second-order valence-corrected chi connectivity index (χ2v) is 3.63. The molecule has 1 aromatic carbocycles. The minimum Gasteiger partial charge on any atom is -0.506 e. The average molecular weight is 222 g/mol. The van der Waals surface area contributed by atoms with Gasteiger partial charge in [-0.1, -0.05) is 25.5 Å². The predicted molar refractivity (Wildman–Crippen MR) is 64.8 cm³/mol. The van der Waals surface area contributed by atoms with Crippen LogP contribution in [0.1, 0.15) is 19.8 Å². The topological polar surface area (TPSA) is 52.6 Å². The molecule has 0 unspecified atom stereocenters. The van der Waals surface area contributed by atoms with Crippen LogP contribution in [0.2, 0.25) is 0 Å². The number of phenolic OH excluding ortho intramolecular Hbond substituents is 1. The number of unbranched alkanes of at least 4 members (excludes halogenated alkanes) is 1. The molecule has 4 nitrogen and oxygen atoms in total. The molecule has 0 aliphatic carbocycles. The number of hydrogen-bond donors (Lipinski definition) is 2. The highest BCUT2D eigenvalue weighted by atomic mass is 16.3. The lowest BCUT2D eigenvalue weighted by molar-refractivity contribution is 0.247. The number of anilines is 1. The van der Waals surface area contributed by atoms with E-state index in [2.05, 4.69) is 12.2 Å². The summed E-state index contributed by atoms with van der Waals surface area (Å²) in [5.74, 6) is 0.107. The van der Waals surface area contributed by atoms with Gasteiger partial charge in [-0.2, -0.15) is 0 Å². The fraction of sp³-hybridized carbons (Fsp3) is 0.417. The second kappa shape index (κ2) is 6.00. The number of para-hydroxylation sites is 2. The molecule has 1 aromatic rings. The molecule has 2 N–H and O–H groups in total. The third-order valence-corrected chi connectivity index (χ3v) is 2.35. The summed E-state index contributed by atoms with van der Waals surface area (Å²) in [6, 6.07) is 6.57. The van der Waals surface area contributed by atoms with E-state index in [9.17, 15) is 9.90 Å². The molecule has 0 saturated heterocycles. The van der Waals surface area contributed by atoms with Crippen LogP contribution in [0.5, 0.6) is 5.75 Å². The normalized spacial score (nSPS) is 9.88. The molecule has 0 heterocycles. The Hall–Kier alpha value is -1.71. The molecule has 0 spiro atoms. The van der Waals surface area contributed by atoms with Crippen LogP contribution in [-0.4, -0.2) is 24.7 Å². The Labute approximate surface area is 95.9 Å². The Morgan fingerprint density at radius 3 is 2.75 bits per heavy atom. The van der Waals surface area contributed by atoms with Gasteiger partial charge in [-0.25, -0.2) is 4.79 Å². The van der Waals surface area contributed by atoms with Crippen LogP contribution >= 0.6 is 0 Å². The fourth-order valence-corrected chi connectivity index (χ4v) is 1.35. The molecule has 88 valence electrons. The van der Waals surface area contributed by atoms with Gasteiger partial charge in [0.05, 0.1) is 5.69 Å². The minimum atomic E-state index is -0.199. The van der Waals surface area contributed by atoms with E-state index < -0.39 is 0 Å². The summed E-state index contributed by atoms with van der Waals surface area (Å²) in [5.41, 5.74) is 0.511. The van der Waals surface area contributed by atoms with Gasteiger partial charge in [-0.3, -0.25) is 4.90 Å². The molecule has 0 aliphatic rings. The van der Waals surface area contributed by atoms with Crippen molar-refractivity contribution in [2.45, 2.75) is 19.8 Å². The summed E-state index contributed by atoms with van der Waals surface area (Å²) in [6.07, 6.45) is 2.00. The lowest BCUT2D eigenvalue weighted by atomic mass is 10.3. The number of nitrogens with one attached hydrogen (secondary N) is 1. The monoisotopic (exact) mass is 222 g/mol. The number of aromatic hydroxyl groups is 1. The van der Waals surface area contributed by atoms with Crippen molar-refractivity contribution in [3.8, 4) is 5.75 Å². The molecule has 0 radical (unpaired) electrons. The zero-order valence-electron chi connectivity index (χ0n) is 9.73. The van der Waals surface area contributed by atoms with E-state index in [1.807, 2.05) is 0 Å². The van der Waals surface area contributed by atoms with Crippen molar-refractivity contribution >= 4 is 11.7 Å². The molecular weight excluding hydrogens is 204 g/mol. The molecule has 2 amide bonds. The number of rotatable bonds is 4. The van der Waals surface area contributed by atoms with Gasteiger partial charge in [0.1, 0.15) is 5.75 Å². The molecule has 16 heavy (non-hydrogen) atoms. The van der Waals surface area contributed by atoms with E-state index in [0.29, 0.717) is 12.2 Å². The van der Waals surface area contributed by atoms with Crippen molar-refractivity contribution in [1.82, 2.24) is 5.32 Å². The van der Waals surface area contributed by atoms with Crippen LogP contribution < -0.4 is 10.2 Å². The maximum atomic E-state index is 11.7. The van der Waals surface area contributed by atoms with Gasteiger partial charge in [0.15, 0.2) is 0 Å². The van der Waals surface area contributed by atoms with Crippen molar-refractivity contribution in [2.24, 2.45) is 0 Å². The Morgan fingerprint density at radius 1 is 1.44 bits per heavy atom. The number of carbonyl (C=O) groups is 1. The summed E-state index contributed by atoms with van der Waals surface area (Å²) in [5, 5.41) is 12.4. The lowest BCUT2D eigenvalue weighted by Gasteiger charge is -2.18. The highest BCUT2D eigenvalue weighted by molar-refractivity contribution is 5.92. The Kier molecular flexibility index (Phi) is 4.64. The first kappa shape index (κ1) is 12.4. The van der Waals surface area contributed by atoms with E-state index in [4.69, 9.17) is 0 Å². The van der Waals surface area contributed by atoms with E-state index >= 15 is 0 Å². The van der Waals surface area contributed by atoms with Gasteiger partial charge in [0.25, 0.3) is 0 Å². The average Bonchev–Trinajstić information content (AvgIpc) is 2.29. The zero-order valence-corrected chi connectivity index (χ0v) is 9.73.